The molecule has 56 valence electrons. The molecule has 0 saturated carbocycles. The van der Waals surface area contributed by atoms with Crippen molar-refractivity contribution in [2.75, 3.05) is 0 Å². The third kappa shape index (κ3) is 1.10. The van der Waals surface area contributed by atoms with Gasteiger partial charge in [-0.1, -0.05) is 0 Å². The molecular formula is C8H6ClNO. The molecular weight excluding hydrogens is 162 g/mol. The van der Waals surface area contributed by atoms with Crippen LogP contribution in [0, 0.1) is 0 Å². The van der Waals surface area contributed by atoms with Crippen molar-refractivity contribution in [2.24, 2.45) is 0 Å². The monoisotopic (exact) mass is 167 g/mol. The first kappa shape index (κ1) is 6.68. The number of hydrogen-bond donors (Lipinski definition) is 0. The molecule has 0 aromatic carbocycles. The van der Waals surface area contributed by atoms with Crippen LogP contribution in [0.15, 0.2) is 28.8 Å². The minimum atomic E-state index is 0.399. The molecule has 0 radical (unpaired) electrons. The number of pyridine rings is 1. The van der Waals surface area contributed by atoms with Gasteiger partial charge in [-0.05, 0) is 12.1 Å². The first-order valence-corrected chi connectivity index (χ1v) is 3.83. The second-order valence-corrected chi connectivity index (χ2v) is 2.50. The first-order chi connectivity index (χ1) is 5.40. The van der Waals surface area contributed by atoms with Crippen LogP contribution in [0.25, 0.3) is 11.1 Å². The van der Waals surface area contributed by atoms with E-state index >= 15 is 0 Å². The topological polar surface area (TPSA) is 26.0 Å². The Labute approximate surface area is 68.8 Å². The zero-order chi connectivity index (χ0) is 7.68. The number of hydrogen-bond acceptors (Lipinski definition) is 2. The Bertz CT molecular complexity index is 336. The van der Waals surface area contributed by atoms with E-state index in [0.29, 0.717) is 5.88 Å². The molecule has 0 unspecified atom stereocenters. The summed E-state index contributed by atoms with van der Waals surface area (Å²) >= 11 is 5.58. The molecule has 2 aromatic heterocycles. The smallest absolute Gasteiger partial charge is 0.152 e. The minimum absolute atomic E-state index is 0.399. The van der Waals surface area contributed by atoms with Gasteiger partial charge in [0, 0.05) is 12.3 Å². The number of rotatable bonds is 1. The van der Waals surface area contributed by atoms with Crippen LogP contribution in [0.3, 0.4) is 0 Å². The molecule has 0 amide bonds. The Balaban J connectivity index is 2.69. The molecule has 0 N–H and O–H groups in total. The van der Waals surface area contributed by atoms with Gasteiger partial charge in [0.05, 0.1) is 5.88 Å². The van der Waals surface area contributed by atoms with Gasteiger partial charge in [0.1, 0.15) is 11.3 Å². The Hall–Kier alpha value is -1.02. The van der Waals surface area contributed by atoms with Gasteiger partial charge in [0.25, 0.3) is 0 Å². The van der Waals surface area contributed by atoms with E-state index in [1.54, 1.807) is 6.20 Å². The lowest BCUT2D eigenvalue weighted by Gasteiger charge is -1.82. The molecule has 0 aliphatic carbocycles. The van der Waals surface area contributed by atoms with Gasteiger partial charge in [-0.15, -0.1) is 11.6 Å². The second kappa shape index (κ2) is 2.55. The van der Waals surface area contributed by atoms with E-state index in [1.165, 1.54) is 0 Å². The predicted octanol–water partition coefficient (Wildman–Crippen LogP) is 2.57. The summed E-state index contributed by atoms with van der Waals surface area (Å²) in [7, 11) is 0. The van der Waals surface area contributed by atoms with Gasteiger partial charge in [0.15, 0.2) is 5.58 Å². The SMILES string of the molecule is ClCc1cc2ncccc2o1. The molecule has 3 heteroatoms. The largest absolute Gasteiger partial charge is 0.458 e. The van der Waals surface area contributed by atoms with Gasteiger partial charge in [-0.2, -0.15) is 0 Å². The molecule has 0 aliphatic rings. The van der Waals surface area contributed by atoms with E-state index in [2.05, 4.69) is 4.98 Å². The molecule has 2 heterocycles. The quantitative estimate of drug-likeness (QED) is 0.611. The number of furan rings is 1. The molecule has 2 rings (SSSR count). The van der Waals surface area contributed by atoms with E-state index in [0.717, 1.165) is 16.9 Å². The second-order valence-electron chi connectivity index (χ2n) is 2.23. The minimum Gasteiger partial charge on any atom is -0.458 e. The van der Waals surface area contributed by atoms with Crippen molar-refractivity contribution in [1.29, 1.82) is 0 Å². The Kier molecular flexibility index (Phi) is 1.55. The van der Waals surface area contributed by atoms with Crippen molar-refractivity contribution in [3.63, 3.8) is 0 Å². The molecule has 2 nitrogen and oxygen atoms in total. The van der Waals surface area contributed by atoms with Crippen molar-refractivity contribution >= 4 is 22.7 Å². The Morgan fingerprint density at radius 3 is 3.18 bits per heavy atom. The van der Waals surface area contributed by atoms with Crippen LogP contribution >= 0.6 is 11.6 Å². The summed E-state index contributed by atoms with van der Waals surface area (Å²) in [5.41, 5.74) is 1.66. The summed E-state index contributed by atoms with van der Waals surface area (Å²) in [6.45, 7) is 0. The molecule has 0 saturated heterocycles. The van der Waals surface area contributed by atoms with Crippen LogP contribution in [0.5, 0.6) is 0 Å². The Morgan fingerprint density at radius 1 is 1.55 bits per heavy atom. The number of aromatic nitrogens is 1. The molecule has 2 aromatic rings. The van der Waals surface area contributed by atoms with Gasteiger partial charge in [0.2, 0.25) is 0 Å². The Morgan fingerprint density at radius 2 is 2.45 bits per heavy atom. The summed E-state index contributed by atoms with van der Waals surface area (Å²) in [5.74, 6) is 1.16. The predicted molar refractivity (Wildman–Crippen MR) is 43.6 cm³/mol. The van der Waals surface area contributed by atoms with Crippen LogP contribution < -0.4 is 0 Å². The van der Waals surface area contributed by atoms with Crippen molar-refractivity contribution in [2.45, 2.75) is 5.88 Å². The summed E-state index contributed by atoms with van der Waals surface area (Å²) in [5, 5.41) is 0. The molecule has 0 fully saturated rings. The van der Waals surface area contributed by atoms with Gasteiger partial charge in [-0.3, -0.25) is 4.98 Å². The summed E-state index contributed by atoms with van der Waals surface area (Å²) in [4.78, 5) is 4.10. The fraction of sp³-hybridized carbons (Fsp3) is 0.125. The zero-order valence-electron chi connectivity index (χ0n) is 5.75. The van der Waals surface area contributed by atoms with Gasteiger partial charge < -0.3 is 4.42 Å². The molecule has 0 atom stereocenters. The van der Waals surface area contributed by atoms with Crippen molar-refractivity contribution in [1.82, 2.24) is 4.98 Å². The molecule has 0 aliphatic heterocycles. The zero-order valence-corrected chi connectivity index (χ0v) is 6.51. The standard InChI is InChI=1S/C8H6ClNO/c9-5-6-4-7-8(11-6)2-1-3-10-7/h1-4H,5H2. The van der Waals surface area contributed by atoms with Crippen LogP contribution in [-0.2, 0) is 5.88 Å². The summed E-state index contributed by atoms with van der Waals surface area (Å²) in [6.07, 6.45) is 1.73. The van der Waals surface area contributed by atoms with Gasteiger partial charge >= 0.3 is 0 Å². The van der Waals surface area contributed by atoms with Crippen LogP contribution in [0.4, 0.5) is 0 Å². The molecule has 0 spiro atoms. The van der Waals surface area contributed by atoms with E-state index in [4.69, 9.17) is 16.0 Å². The van der Waals surface area contributed by atoms with Crippen LogP contribution in [0.1, 0.15) is 5.76 Å². The first-order valence-electron chi connectivity index (χ1n) is 3.29. The number of nitrogens with zero attached hydrogens (tertiary/aromatic N) is 1. The highest BCUT2D eigenvalue weighted by Crippen LogP contribution is 2.17. The summed E-state index contributed by atoms with van der Waals surface area (Å²) in [6, 6.07) is 5.56. The number of alkyl halides is 1. The van der Waals surface area contributed by atoms with Gasteiger partial charge in [-0.25, -0.2) is 0 Å². The van der Waals surface area contributed by atoms with Crippen molar-refractivity contribution < 1.29 is 4.42 Å². The maximum absolute atomic E-state index is 5.58. The summed E-state index contributed by atoms with van der Waals surface area (Å²) < 4.78 is 5.32. The highest BCUT2D eigenvalue weighted by Gasteiger charge is 2.00. The van der Waals surface area contributed by atoms with Crippen molar-refractivity contribution in [3.8, 4) is 0 Å². The lowest BCUT2D eigenvalue weighted by Crippen LogP contribution is -1.67. The normalized spacial score (nSPS) is 10.6. The lowest BCUT2D eigenvalue weighted by molar-refractivity contribution is 0.572. The number of fused-ring (bicyclic) bond motifs is 1. The van der Waals surface area contributed by atoms with E-state index < -0.39 is 0 Å². The van der Waals surface area contributed by atoms with Crippen molar-refractivity contribution in [3.05, 3.63) is 30.2 Å². The third-order valence-electron chi connectivity index (χ3n) is 1.47. The maximum Gasteiger partial charge on any atom is 0.152 e. The molecule has 11 heavy (non-hydrogen) atoms. The fourth-order valence-corrected chi connectivity index (χ4v) is 1.12. The average molecular weight is 168 g/mol. The number of halogens is 1. The highest BCUT2D eigenvalue weighted by atomic mass is 35.5. The third-order valence-corrected chi connectivity index (χ3v) is 1.73. The van der Waals surface area contributed by atoms with E-state index in [9.17, 15) is 0 Å². The maximum atomic E-state index is 5.58. The van der Waals surface area contributed by atoms with Crippen LogP contribution in [-0.4, -0.2) is 4.98 Å². The van der Waals surface area contributed by atoms with E-state index in [1.807, 2.05) is 18.2 Å². The highest BCUT2D eigenvalue weighted by molar-refractivity contribution is 6.16. The lowest BCUT2D eigenvalue weighted by atomic mass is 10.4. The molecule has 0 bridgehead atoms. The average Bonchev–Trinajstić information content (AvgIpc) is 2.46. The fourth-order valence-electron chi connectivity index (χ4n) is 0.987. The van der Waals surface area contributed by atoms with E-state index in [-0.39, 0.29) is 0 Å². The van der Waals surface area contributed by atoms with Crippen LogP contribution in [0.2, 0.25) is 0 Å².